The van der Waals surface area contributed by atoms with E-state index in [1.807, 2.05) is 0 Å². The van der Waals surface area contributed by atoms with E-state index in [0.29, 0.717) is 18.4 Å². The lowest BCUT2D eigenvalue weighted by Crippen LogP contribution is -2.06. The smallest absolute Gasteiger partial charge is 0.310 e. The number of Topliss-reactive ketones (excluding diaryl/α,β-unsaturated/α-hetero) is 1. The first-order valence-electron chi connectivity index (χ1n) is 5.06. The number of carbonyl (C=O) groups excluding carboxylic acids is 1. The van der Waals surface area contributed by atoms with Gasteiger partial charge in [-0.3, -0.25) is 9.59 Å². The van der Waals surface area contributed by atoms with Crippen molar-refractivity contribution in [2.75, 3.05) is 0 Å². The highest BCUT2D eigenvalue weighted by molar-refractivity contribution is 5.94. The Morgan fingerprint density at radius 1 is 1.25 bits per heavy atom. The number of aryl methyl sites for hydroxylation is 1. The van der Waals surface area contributed by atoms with E-state index in [4.69, 9.17) is 5.11 Å². The van der Waals surface area contributed by atoms with Crippen LogP contribution < -0.4 is 0 Å². The third kappa shape index (κ3) is 4.21. The van der Waals surface area contributed by atoms with Crippen LogP contribution in [0.2, 0.25) is 0 Å². The lowest BCUT2D eigenvalue weighted by atomic mass is 10.1. The molecule has 0 aliphatic carbocycles. The molecule has 0 fully saturated rings. The van der Waals surface area contributed by atoms with Crippen molar-refractivity contribution >= 4 is 11.8 Å². The van der Waals surface area contributed by atoms with E-state index in [1.54, 1.807) is 18.2 Å². The fourth-order valence-corrected chi connectivity index (χ4v) is 1.43. The third-order valence-corrected chi connectivity index (χ3v) is 2.21. The van der Waals surface area contributed by atoms with Crippen LogP contribution in [0.3, 0.4) is 0 Å². The molecule has 0 spiro atoms. The van der Waals surface area contributed by atoms with Gasteiger partial charge in [0.15, 0.2) is 0 Å². The lowest BCUT2D eigenvalue weighted by Gasteiger charge is -2.01. The Hall–Kier alpha value is -1.71. The van der Waals surface area contributed by atoms with Crippen molar-refractivity contribution in [2.24, 2.45) is 0 Å². The Labute approximate surface area is 92.9 Å². The molecule has 0 heterocycles. The molecule has 0 aliphatic rings. The summed E-state index contributed by atoms with van der Waals surface area (Å²) in [7, 11) is 0. The molecule has 4 heteroatoms. The molecule has 0 unspecified atom stereocenters. The van der Waals surface area contributed by atoms with Crippen molar-refractivity contribution in [1.29, 1.82) is 0 Å². The van der Waals surface area contributed by atoms with Crippen molar-refractivity contribution in [3.63, 3.8) is 0 Å². The number of aliphatic carboxylic acids is 1. The number of ketones is 1. The van der Waals surface area contributed by atoms with Gasteiger partial charge in [-0.2, -0.15) is 0 Å². The fraction of sp³-hybridized carbons (Fsp3) is 0.333. The van der Waals surface area contributed by atoms with Crippen LogP contribution in [0.15, 0.2) is 24.3 Å². The summed E-state index contributed by atoms with van der Waals surface area (Å²) in [5, 5.41) is 8.36. The molecular formula is C12H13FO3. The zero-order valence-corrected chi connectivity index (χ0v) is 8.78. The molecule has 16 heavy (non-hydrogen) atoms. The Kier molecular flexibility index (Phi) is 4.64. The van der Waals surface area contributed by atoms with Crippen LogP contribution in [-0.4, -0.2) is 16.9 Å². The quantitative estimate of drug-likeness (QED) is 0.753. The summed E-state index contributed by atoms with van der Waals surface area (Å²) < 4.78 is 13.1. The number of hydrogen-bond donors (Lipinski definition) is 1. The van der Waals surface area contributed by atoms with Crippen LogP contribution in [0, 0.1) is 5.82 Å². The van der Waals surface area contributed by atoms with Gasteiger partial charge in [0, 0.05) is 6.42 Å². The van der Waals surface area contributed by atoms with Gasteiger partial charge in [-0.05, 0) is 24.5 Å². The molecule has 1 N–H and O–H groups in total. The van der Waals surface area contributed by atoms with Crippen LogP contribution >= 0.6 is 0 Å². The summed E-state index contributed by atoms with van der Waals surface area (Å²) in [5.74, 6) is -1.71. The molecule has 0 aliphatic heterocycles. The van der Waals surface area contributed by atoms with E-state index in [2.05, 4.69) is 0 Å². The number of carboxylic acids is 1. The number of carboxylic acid groups (broad SMARTS) is 1. The standard InChI is InChI=1S/C12H13FO3/c13-11-7-2-1-4-9(11)5-3-6-10(14)8-12(15)16/h1-2,4,7H,3,5-6,8H2,(H,15,16). The summed E-state index contributed by atoms with van der Waals surface area (Å²) >= 11 is 0. The minimum absolute atomic E-state index is 0.181. The van der Waals surface area contributed by atoms with E-state index < -0.39 is 12.4 Å². The second-order valence-corrected chi connectivity index (χ2v) is 3.55. The molecular weight excluding hydrogens is 211 g/mol. The zero-order valence-electron chi connectivity index (χ0n) is 8.78. The number of hydrogen-bond acceptors (Lipinski definition) is 2. The average Bonchev–Trinajstić information content (AvgIpc) is 2.19. The summed E-state index contributed by atoms with van der Waals surface area (Å²) in [4.78, 5) is 21.3. The first-order valence-corrected chi connectivity index (χ1v) is 5.06. The molecule has 1 aromatic rings. The maximum Gasteiger partial charge on any atom is 0.310 e. The molecule has 0 saturated carbocycles. The van der Waals surface area contributed by atoms with E-state index in [1.165, 1.54) is 6.07 Å². The Balaban J connectivity index is 2.33. The average molecular weight is 224 g/mol. The summed E-state index contributed by atoms with van der Waals surface area (Å²) in [6, 6.07) is 6.37. The molecule has 0 atom stereocenters. The van der Waals surface area contributed by atoms with Crippen molar-refractivity contribution in [2.45, 2.75) is 25.7 Å². The third-order valence-electron chi connectivity index (χ3n) is 2.21. The van der Waals surface area contributed by atoms with Crippen molar-refractivity contribution < 1.29 is 19.1 Å². The largest absolute Gasteiger partial charge is 0.481 e. The van der Waals surface area contributed by atoms with Crippen LogP contribution in [-0.2, 0) is 16.0 Å². The van der Waals surface area contributed by atoms with Gasteiger partial charge in [0.25, 0.3) is 0 Å². The predicted molar refractivity (Wildman–Crippen MR) is 56.6 cm³/mol. The van der Waals surface area contributed by atoms with Gasteiger partial charge in [-0.15, -0.1) is 0 Å². The molecule has 0 radical (unpaired) electrons. The number of rotatable bonds is 6. The molecule has 86 valence electrons. The minimum Gasteiger partial charge on any atom is -0.481 e. The maximum atomic E-state index is 13.1. The van der Waals surface area contributed by atoms with E-state index in [0.717, 1.165) is 0 Å². The van der Waals surface area contributed by atoms with Crippen LogP contribution in [0.25, 0.3) is 0 Å². The maximum absolute atomic E-state index is 13.1. The second-order valence-electron chi connectivity index (χ2n) is 3.55. The van der Waals surface area contributed by atoms with Crippen molar-refractivity contribution in [3.05, 3.63) is 35.6 Å². The van der Waals surface area contributed by atoms with E-state index in [9.17, 15) is 14.0 Å². The van der Waals surface area contributed by atoms with E-state index in [-0.39, 0.29) is 18.0 Å². The second kappa shape index (κ2) is 6.00. The van der Waals surface area contributed by atoms with Gasteiger partial charge >= 0.3 is 5.97 Å². The van der Waals surface area contributed by atoms with Gasteiger partial charge in [0.1, 0.15) is 18.0 Å². The summed E-state index contributed by atoms with van der Waals surface area (Å²) in [6.45, 7) is 0. The predicted octanol–water partition coefficient (Wildman–Crippen LogP) is 2.19. The monoisotopic (exact) mass is 224 g/mol. The Morgan fingerprint density at radius 3 is 2.56 bits per heavy atom. The molecule has 0 bridgehead atoms. The Morgan fingerprint density at radius 2 is 1.94 bits per heavy atom. The SMILES string of the molecule is O=C(O)CC(=O)CCCc1ccccc1F. The molecule has 0 amide bonds. The van der Waals surface area contributed by atoms with Gasteiger partial charge < -0.3 is 5.11 Å². The van der Waals surface area contributed by atoms with Gasteiger partial charge in [0.05, 0.1) is 0 Å². The summed E-state index contributed by atoms with van der Waals surface area (Å²) in [6.07, 6.45) is 0.670. The number of benzene rings is 1. The fourth-order valence-electron chi connectivity index (χ4n) is 1.43. The highest BCUT2D eigenvalue weighted by Crippen LogP contribution is 2.10. The van der Waals surface area contributed by atoms with Crippen LogP contribution in [0.4, 0.5) is 4.39 Å². The molecule has 0 saturated heterocycles. The number of carbonyl (C=O) groups is 2. The summed E-state index contributed by atoms with van der Waals surface area (Å²) in [5.41, 5.74) is 0.561. The number of halogens is 1. The molecule has 1 aromatic carbocycles. The van der Waals surface area contributed by atoms with Gasteiger partial charge in [0.2, 0.25) is 0 Å². The van der Waals surface area contributed by atoms with Gasteiger partial charge in [-0.1, -0.05) is 18.2 Å². The van der Waals surface area contributed by atoms with E-state index >= 15 is 0 Å². The van der Waals surface area contributed by atoms with Crippen molar-refractivity contribution in [1.82, 2.24) is 0 Å². The minimum atomic E-state index is -1.11. The highest BCUT2D eigenvalue weighted by Gasteiger charge is 2.08. The van der Waals surface area contributed by atoms with Crippen LogP contribution in [0.1, 0.15) is 24.8 Å². The zero-order chi connectivity index (χ0) is 12.0. The topological polar surface area (TPSA) is 54.4 Å². The molecule has 1 rings (SSSR count). The normalized spacial score (nSPS) is 10.1. The van der Waals surface area contributed by atoms with Crippen molar-refractivity contribution in [3.8, 4) is 0 Å². The molecule has 3 nitrogen and oxygen atoms in total. The highest BCUT2D eigenvalue weighted by atomic mass is 19.1. The lowest BCUT2D eigenvalue weighted by molar-refractivity contribution is -0.140. The van der Waals surface area contributed by atoms with Gasteiger partial charge in [-0.25, -0.2) is 4.39 Å². The Bertz CT molecular complexity index is 388. The first kappa shape index (κ1) is 12.4. The molecule has 0 aromatic heterocycles. The van der Waals surface area contributed by atoms with Crippen LogP contribution in [0.5, 0.6) is 0 Å². The first-order chi connectivity index (χ1) is 7.59.